The van der Waals surface area contributed by atoms with Crippen LogP contribution in [-0.2, 0) is 11.3 Å². The van der Waals surface area contributed by atoms with Crippen LogP contribution in [0.4, 0.5) is 5.69 Å². The monoisotopic (exact) mass is 339 g/mol. The number of benzene rings is 1. The van der Waals surface area contributed by atoms with Crippen molar-refractivity contribution >= 4 is 40.6 Å². The highest BCUT2D eigenvalue weighted by atomic mass is 35.5. The van der Waals surface area contributed by atoms with Gasteiger partial charge in [0.1, 0.15) is 6.54 Å². The second-order valence-electron chi connectivity index (χ2n) is 4.94. The zero-order valence-corrected chi connectivity index (χ0v) is 13.9. The van der Waals surface area contributed by atoms with E-state index < -0.39 is 0 Å². The summed E-state index contributed by atoms with van der Waals surface area (Å²) < 4.78 is 1.51. The highest BCUT2D eigenvalue weighted by Crippen LogP contribution is 2.25. The van der Waals surface area contributed by atoms with Crippen LogP contribution in [0.3, 0.4) is 0 Å². The minimum Gasteiger partial charge on any atom is -0.324 e. The lowest BCUT2D eigenvalue weighted by Gasteiger charge is -2.08. The lowest BCUT2D eigenvalue weighted by molar-refractivity contribution is -0.116. The molecule has 22 heavy (non-hydrogen) atoms. The van der Waals surface area contributed by atoms with Crippen molar-refractivity contribution in [3.63, 3.8) is 0 Å². The molecule has 1 N–H and O–H groups in total. The second kappa shape index (κ2) is 6.50. The van der Waals surface area contributed by atoms with Crippen LogP contribution >= 0.6 is 23.2 Å². The molecule has 1 aromatic heterocycles. The summed E-state index contributed by atoms with van der Waals surface area (Å²) >= 11 is 11.7. The molecule has 0 unspecified atom stereocenters. The summed E-state index contributed by atoms with van der Waals surface area (Å²) in [5, 5.41) is 7.73. The third-order valence-electron chi connectivity index (χ3n) is 3.23. The van der Waals surface area contributed by atoms with Gasteiger partial charge in [-0.15, -0.1) is 0 Å². The first kappa shape index (κ1) is 16.5. The van der Waals surface area contributed by atoms with Crippen molar-refractivity contribution in [3.05, 3.63) is 45.2 Å². The van der Waals surface area contributed by atoms with E-state index in [2.05, 4.69) is 10.4 Å². The Morgan fingerprint density at radius 2 is 1.91 bits per heavy atom. The first-order valence-electron chi connectivity index (χ1n) is 6.59. The van der Waals surface area contributed by atoms with E-state index in [1.54, 1.807) is 32.0 Å². The Morgan fingerprint density at radius 3 is 2.45 bits per heavy atom. The molecule has 116 valence electrons. The number of hydrogen-bond donors (Lipinski definition) is 1. The fourth-order valence-electron chi connectivity index (χ4n) is 2.27. The number of rotatable bonds is 4. The van der Waals surface area contributed by atoms with E-state index in [0.717, 1.165) is 0 Å². The average molecular weight is 340 g/mol. The molecular weight excluding hydrogens is 325 g/mol. The number of Topliss-reactive ketones (excluding diaryl/α,β-unsaturated/α-hetero) is 1. The molecule has 7 heteroatoms. The van der Waals surface area contributed by atoms with E-state index in [-0.39, 0.29) is 18.2 Å². The third-order valence-corrected chi connectivity index (χ3v) is 3.97. The third kappa shape index (κ3) is 3.48. The number of nitrogens with one attached hydrogen (secondary N) is 1. The van der Waals surface area contributed by atoms with Crippen LogP contribution in [0.25, 0.3) is 0 Å². The SMILES string of the molecule is CC(=O)c1c(C)nn(CC(=O)Nc2ccc(Cl)c(Cl)c2)c1C. The minimum absolute atomic E-state index is 0.0141. The van der Waals surface area contributed by atoms with E-state index in [1.165, 1.54) is 11.6 Å². The van der Waals surface area contributed by atoms with E-state index >= 15 is 0 Å². The molecule has 0 aliphatic heterocycles. The largest absolute Gasteiger partial charge is 0.324 e. The zero-order valence-electron chi connectivity index (χ0n) is 12.4. The Kier molecular flexibility index (Phi) is 4.88. The topological polar surface area (TPSA) is 64.0 Å². The molecule has 0 atom stereocenters. The van der Waals surface area contributed by atoms with Crippen molar-refractivity contribution in [2.75, 3.05) is 5.32 Å². The number of anilines is 1. The maximum atomic E-state index is 12.1. The van der Waals surface area contributed by atoms with Gasteiger partial charge >= 0.3 is 0 Å². The second-order valence-corrected chi connectivity index (χ2v) is 5.75. The maximum Gasteiger partial charge on any atom is 0.246 e. The Labute approximate surface area is 138 Å². The van der Waals surface area contributed by atoms with Crippen LogP contribution in [-0.4, -0.2) is 21.5 Å². The molecule has 1 aromatic carbocycles. The van der Waals surface area contributed by atoms with Gasteiger partial charge in [0.15, 0.2) is 5.78 Å². The number of halogens is 2. The van der Waals surface area contributed by atoms with Gasteiger partial charge in [-0.05, 0) is 39.0 Å². The number of hydrogen-bond acceptors (Lipinski definition) is 3. The zero-order chi connectivity index (χ0) is 16.4. The van der Waals surface area contributed by atoms with Crippen LogP contribution in [0, 0.1) is 13.8 Å². The Balaban J connectivity index is 2.14. The molecule has 0 bridgehead atoms. The molecule has 0 radical (unpaired) electrons. The molecule has 2 aromatic rings. The predicted octanol–water partition coefficient (Wildman–Crippen LogP) is 3.65. The predicted molar refractivity (Wildman–Crippen MR) is 86.8 cm³/mol. The van der Waals surface area contributed by atoms with Crippen molar-refractivity contribution in [2.45, 2.75) is 27.3 Å². The minimum atomic E-state index is -0.265. The Bertz CT molecular complexity index is 753. The van der Waals surface area contributed by atoms with Crippen molar-refractivity contribution in [1.29, 1.82) is 0 Å². The molecule has 0 aliphatic rings. The highest BCUT2D eigenvalue weighted by molar-refractivity contribution is 6.42. The normalized spacial score (nSPS) is 10.6. The molecule has 0 spiro atoms. The van der Waals surface area contributed by atoms with Crippen LogP contribution < -0.4 is 5.32 Å². The fraction of sp³-hybridized carbons (Fsp3) is 0.267. The van der Waals surface area contributed by atoms with Crippen LogP contribution in [0.5, 0.6) is 0 Å². The van der Waals surface area contributed by atoms with E-state index in [4.69, 9.17) is 23.2 Å². The van der Waals surface area contributed by atoms with Gasteiger partial charge in [0.25, 0.3) is 0 Å². The summed E-state index contributed by atoms with van der Waals surface area (Å²) in [7, 11) is 0. The molecule has 5 nitrogen and oxygen atoms in total. The van der Waals surface area contributed by atoms with E-state index in [9.17, 15) is 9.59 Å². The van der Waals surface area contributed by atoms with Gasteiger partial charge in [-0.1, -0.05) is 23.2 Å². The number of ketones is 1. The van der Waals surface area contributed by atoms with Crippen LogP contribution in [0.1, 0.15) is 28.7 Å². The van der Waals surface area contributed by atoms with Crippen molar-refractivity contribution in [2.24, 2.45) is 0 Å². The highest BCUT2D eigenvalue weighted by Gasteiger charge is 2.17. The fourth-order valence-corrected chi connectivity index (χ4v) is 2.57. The van der Waals surface area contributed by atoms with Crippen LogP contribution in [0.2, 0.25) is 10.0 Å². The smallest absolute Gasteiger partial charge is 0.246 e. The lowest BCUT2D eigenvalue weighted by Crippen LogP contribution is -2.20. The van der Waals surface area contributed by atoms with Crippen molar-refractivity contribution in [3.8, 4) is 0 Å². The molecule has 0 saturated carbocycles. The maximum absolute atomic E-state index is 12.1. The summed E-state index contributed by atoms with van der Waals surface area (Å²) in [6.07, 6.45) is 0. The Hall–Kier alpha value is -1.85. The number of nitrogens with zero attached hydrogens (tertiary/aromatic N) is 2. The number of aromatic nitrogens is 2. The Morgan fingerprint density at radius 1 is 1.23 bits per heavy atom. The summed E-state index contributed by atoms with van der Waals surface area (Å²) in [4.78, 5) is 23.7. The summed E-state index contributed by atoms with van der Waals surface area (Å²) in [5.74, 6) is -0.328. The van der Waals surface area contributed by atoms with Gasteiger partial charge in [0, 0.05) is 11.4 Å². The van der Waals surface area contributed by atoms with Crippen molar-refractivity contribution in [1.82, 2.24) is 9.78 Å². The average Bonchev–Trinajstić information content (AvgIpc) is 2.68. The molecule has 0 fully saturated rings. The molecule has 1 amide bonds. The van der Waals surface area contributed by atoms with Gasteiger partial charge in [-0.25, -0.2) is 0 Å². The molecule has 0 saturated heterocycles. The summed E-state index contributed by atoms with van der Waals surface area (Å²) in [5.41, 5.74) is 2.40. The first-order valence-corrected chi connectivity index (χ1v) is 7.35. The van der Waals surface area contributed by atoms with Gasteiger partial charge in [0.2, 0.25) is 5.91 Å². The van der Waals surface area contributed by atoms with E-state index in [0.29, 0.717) is 32.7 Å². The van der Waals surface area contributed by atoms with Gasteiger partial charge in [-0.2, -0.15) is 5.10 Å². The standard InChI is InChI=1S/C15H15Cl2N3O2/c1-8-15(10(3)21)9(2)20(19-8)7-14(22)18-11-4-5-12(16)13(17)6-11/h4-6H,7H2,1-3H3,(H,18,22). The number of aryl methyl sites for hydroxylation is 1. The quantitative estimate of drug-likeness (QED) is 0.864. The van der Waals surface area contributed by atoms with Crippen LogP contribution in [0.15, 0.2) is 18.2 Å². The molecule has 1 heterocycles. The van der Waals surface area contributed by atoms with Gasteiger partial charge < -0.3 is 5.32 Å². The molecular formula is C15H15Cl2N3O2. The number of carbonyl (C=O) groups excluding carboxylic acids is 2. The van der Waals surface area contributed by atoms with Gasteiger partial charge in [0.05, 0.1) is 21.3 Å². The van der Waals surface area contributed by atoms with Crippen molar-refractivity contribution < 1.29 is 9.59 Å². The summed E-state index contributed by atoms with van der Waals surface area (Å²) in [6, 6.07) is 4.84. The van der Waals surface area contributed by atoms with Gasteiger partial charge in [-0.3, -0.25) is 14.3 Å². The number of carbonyl (C=O) groups is 2. The van der Waals surface area contributed by atoms with E-state index in [1.807, 2.05) is 0 Å². The first-order chi connectivity index (χ1) is 10.3. The summed E-state index contributed by atoms with van der Waals surface area (Å²) in [6.45, 7) is 5.01. The molecule has 0 aliphatic carbocycles. The number of amides is 1. The lowest BCUT2D eigenvalue weighted by atomic mass is 10.1. The molecule has 2 rings (SSSR count).